The number of nitrogens with zero attached hydrogens (tertiary/aromatic N) is 1. The summed E-state index contributed by atoms with van der Waals surface area (Å²) >= 11 is 3.60. The molecule has 1 aliphatic carbocycles. The van der Waals surface area contributed by atoms with Crippen LogP contribution in [0.1, 0.15) is 11.3 Å². The second-order valence-electron chi connectivity index (χ2n) is 3.67. The van der Waals surface area contributed by atoms with E-state index in [1.54, 1.807) is 0 Å². The zero-order valence-corrected chi connectivity index (χ0v) is 9.51. The molecule has 0 saturated carbocycles. The summed E-state index contributed by atoms with van der Waals surface area (Å²) in [6, 6.07) is 6.40. The Labute approximate surface area is 91.2 Å². The second kappa shape index (κ2) is 2.74. The molecule has 1 nitrogen and oxygen atoms in total. The predicted molar refractivity (Wildman–Crippen MR) is 63.4 cm³/mol. The van der Waals surface area contributed by atoms with Crippen molar-refractivity contribution in [3.8, 4) is 0 Å². The molecule has 0 amide bonds. The van der Waals surface area contributed by atoms with Crippen LogP contribution in [0.2, 0.25) is 0 Å². The lowest BCUT2D eigenvalue weighted by molar-refractivity contribution is 0.949. The number of halogens is 1. The molecular formula is C12H10BrN. The van der Waals surface area contributed by atoms with E-state index in [9.17, 15) is 0 Å². The van der Waals surface area contributed by atoms with Gasteiger partial charge < -0.3 is 4.57 Å². The van der Waals surface area contributed by atoms with Crippen molar-refractivity contribution in [1.82, 2.24) is 4.57 Å². The van der Waals surface area contributed by atoms with E-state index in [-0.39, 0.29) is 0 Å². The standard InChI is InChI=1S/C12H10BrN/c1-14-11-7-3-4-8(11)9-5-2-6-10(13)12(9)14/h2-3,5-7H,4H2,1H3. The molecule has 70 valence electrons. The zero-order chi connectivity index (χ0) is 9.71. The predicted octanol–water partition coefficient (Wildman–Crippen LogP) is 3.51. The number of rotatable bonds is 0. The molecule has 0 N–H and O–H groups in total. The first-order valence-electron chi connectivity index (χ1n) is 4.71. The van der Waals surface area contributed by atoms with Gasteiger partial charge in [0.25, 0.3) is 0 Å². The molecule has 0 radical (unpaired) electrons. The summed E-state index contributed by atoms with van der Waals surface area (Å²) in [5.74, 6) is 0. The molecule has 1 aliphatic rings. The van der Waals surface area contributed by atoms with Gasteiger partial charge in [0.15, 0.2) is 0 Å². The van der Waals surface area contributed by atoms with Crippen LogP contribution in [0, 0.1) is 0 Å². The van der Waals surface area contributed by atoms with Crippen LogP contribution in [0.5, 0.6) is 0 Å². The van der Waals surface area contributed by atoms with Crippen LogP contribution in [0.4, 0.5) is 0 Å². The van der Waals surface area contributed by atoms with Gasteiger partial charge in [-0.1, -0.05) is 18.2 Å². The van der Waals surface area contributed by atoms with E-state index in [0.717, 1.165) is 6.42 Å². The van der Waals surface area contributed by atoms with E-state index in [1.807, 2.05) is 0 Å². The Bertz CT molecular complexity index is 549. The molecule has 1 aromatic carbocycles. The number of hydrogen-bond acceptors (Lipinski definition) is 0. The minimum absolute atomic E-state index is 1.07. The maximum Gasteiger partial charge on any atom is 0.0629 e. The van der Waals surface area contributed by atoms with Crippen LogP contribution in [0.25, 0.3) is 17.0 Å². The lowest BCUT2D eigenvalue weighted by Crippen LogP contribution is -1.90. The highest BCUT2D eigenvalue weighted by atomic mass is 79.9. The lowest BCUT2D eigenvalue weighted by atomic mass is 10.1. The molecule has 14 heavy (non-hydrogen) atoms. The van der Waals surface area contributed by atoms with Gasteiger partial charge in [0.1, 0.15) is 0 Å². The minimum atomic E-state index is 1.07. The van der Waals surface area contributed by atoms with Gasteiger partial charge >= 0.3 is 0 Å². The first-order chi connectivity index (χ1) is 6.79. The van der Waals surface area contributed by atoms with Crippen LogP contribution in [-0.2, 0) is 13.5 Å². The van der Waals surface area contributed by atoms with E-state index in [0.29, 0.717) is 0 Å². The summed E-state index contributed by atoms with van der Waals surface area (Å²) in [6.45, 7) is 0. The average molecular weight is 248 g/mol. The quantitative estimate of drug-likeness (QED) is 0.672. The van der Waals surface area contributed by atoms with E-state index in [4.69, 9.17) is 0 Å². The number of allylic oxidation sites excluding steroid dienone is 1. The molecule has 0 atom stereocenters. The van der Waals surface area contributed by atoms with Crippen molar-refractivity contribution in [2.75, 3.05) is 0 Å². The highest BCUT2D eigenvalue weighted by Gasteiger charge is 2.16. The Hall–Kier alpha value is -1.02. The third-order valence-corrected chi connectivity index (χ3v) is 3.56. The molecule has 0 fully saturated rings. The Balaban J connectivity index is 2.55. The first kappa shape index (κ1) is 8.30. The molecule has 1 aromatic heterocycles. The van der Waals surface area contributed by atoms with Gasteiger partial charge in [-0.2, -0.15) is 0 Å². The van der Waals surface area contributed by atoms with Crippen molar-refractivity contribution in [1.29, 1.82) is 0 Å². The van der Waals surface area contributed by atoms with Gasteiger partial charge in [-0.3, -0.25) is 0 Å². The molecule has 0 saturated heterocycles. The van der Waals surface area contributed by atoms with E-state index in [2.05, 4.69) is 57.9 Å². The van der Waals surface area contributed by atoms with Crippen molar-refractivity contribution >= 4 is 32.9 Å². The number of aromatic nitrogens is 1. The van der Waals surface area contributed by atoms with Gasteiger partial charge in [0.05, 0.1) is 5.52 Å². The van der Waals surface area contributed by atoms with Crippen molar-refractivity contribution < 1.29 is 0 Å². The molecular weight excluding hydrogens is 238 g/mol. The first-order valence-corrected chi connectivity index (χ1v) is 5.50. The SMILES string of the molecule is Cn1c2c(c3cccc(Br)c31)CC=C2. The maximum atomic E-state index is 3.60. The molecule has 0 bridgehead atoms. The monoisotopic (exact) mass is 247 g/mol. The Morgan fingerprint density at radius 1 is 1.36 bits per heavy atom. The van der Waals surface area contributed by atoms with Crippen LogP contribution in [0.15, 0.2) is 28.7 Å². The molecule has 0 aliphatic heterocycles. The van der Waals surface area contributed by atoms with E-state index < -0.39 is 0 Å². The molecule has 2 aromatic rings. The van der Waals surface area contributed by atoms with Crippen LogP contribution < -0.4 is 0 Å². The molecule has 2 heteroatoms. The Morgan fingerprint density at radius 2 is 2.21 bits per heavy atom. The fourth-order valence-electron chi connectivity index (χ4n) is 2.28. The summed E-state index contributed by atoms with van der Waals surface area (Å²) in [6.07, 6.45) is 5.51. The summed E-state index contributed by atoms with van der Waals surface area (Å²) in [4.78, 5) is 0. The van der Waals surface area contributed by atoms with Crippen LogP contribution in [0.3, 0.4) is 0 Å². The molecule has 0 unspecified atom stereocenters. The zero-order valence-electron chi connectivity index (χ0n) is 7.92. The Kier molecular flexibility index (Phi) is 1.62. The van der Waals surface area contributed by atoms with Gasteiger partial charge in [-0.25, -0.2) is 0 Å². The lowest BCUT2D eigenvalue weighted by Gasteiger charge is -2.00. The van der Waals surface area contributed by atoms with Gasteiger partial charge in [-0.15, -0.1) is 0 Å². The molecule has 0 spiro atoms. The summed E-state index contributed by atoms with van der Waals surface area (Å²) in [7, 11) is 2.13. The van der Waals surface area contributed by atoms with Crippen molar-refractivity contribution in [3.05, 3.63) is 40.0 Å². The van der Waals surface area contributed by atoms with E-state index >= 15 is 0 Å². The molecule has 3 rings (SSSR count). The molecule has 1 heterocycles. The van der Waals surface area contributed by atoms with Gasteiger partial charge in [-0.05, 0) is 40.1 Å². The average Bonchev–Trinajstić information content (AvgIpc) is 2.71. The highest BCUT2D eigenvalue weighted by Crippen LogP contribution is 2.34. The number of hydrogen-bond donors (Lipinski definition) is 0. The van der Waals surface area contributed by atoms with Gasteiger partial charge in [0, 0.05) is 22.6 Å². The summed E-state index contributed by atoms with van der Waals surface area (Å²) in [5, 5.41) is 1.38. The third kappa shape index (κ3) is 0.894. The largest absolute Gasteiger partial charge is 0.343 e. The van der Waals surface area contributed by atoms with Crippen LogP contribution in [-0.4, -0.2) is 4.57 Å². The van der Waals surface area contributed by atoms with Crippen molar-refractivity contribution in [2.45, 2.75) is 6.42 Å². The number of para-hydroxylation sites is 1. The topological polar surface area (TPSA) is 4.93 Å². The highest BCUT2D eigenvalue weighted by molar-refractivity contribution is 9.10. The number of aryl methyl sites for hydroxylation is 1. The summed E-state index contributed by atoms with van der Waals surface area (Å²) in [5.41, 5.74) is 4.12. The number of benzene rings is 1. The van der Waals surface area contributed by atoms with Crippen molar-refractivity contribution in [2.24, 2.45) is 7.05 Å². The van der Waals surface area contributed by atoms with Gasteiger partial charge in [0.2, 0.25) is 0 Å². The smallest absolute Gasteiger partial charge is 0.0629 e. The minimum Gasteiger partial charge on any atom is -0.343 e. The van der Waals surface area contributed by atoms with E-state index in [1.165, 1.54) is 26.6 Å². The normalized spacial score (nSPS) is 13.9. The van der Waals surface area contributed by atoms with Crippen molar-refractivity contribution in [3.63, 3.8) is 0 Å². The Morgan fingerprint density at radius 3 is 3.07 bits per heavy atom. The third-order valence-electron chi connectivity index (χ3n) is 2.92. The fraction of sp³-hybridized carbons (Fsp3) is 0.167. The maximum absolute atomic E-state index is 3.60. The second-order valence-corrected chi connectivity index (χ2v) is 4.52. The van der Waals surface area contributed by atoms with Crippen LogP contribution >= 0.6 is 15.9 Å². The summed E-state index contributed by atoms with van der Waals surface area (Å²) < 4.78 is 3.44. The number of fused-ring (bicyclic) bond motifs is 3. The fourth-order valence-corrected chi connectivity index (χ4v) is 2.91.